The summed E-state index contributed by atoms with van der Waals surface area (Å²) in [5, 5.41) is 4.61. The zero-order chi connectivity index (χ0) is 13.3. The van der Waals surface area contributed by atoms with Crippen LogP contribution in [0.15, 0.2) is 18.3 Å². The highest BCUT2D eigenvalue weighted by atomic mass is 35.5. The molecular formula is C12H14ClN3O2. The van der Waals surface area contributed by atoms with Gasteiger partial charge in [0.05, 0.1) is 36.6 Å². The molecule has 1 aromatic carbocycles. The van der Waals surface area contributed by atoms with Crippen LogP contribution < -0.4 is 15.2 Å². The van der Waals surface area contributed by atoms with E-state index < -0.39 is 0 Å². The molecule has 1 heterocycles. The van der Waals surface area contributed by atoms with Crippen LogP contribution in [0.4, 0.5) is 5.82 Å². The van der Waals surface area contributed by atoms with E-state index in [-0.39, 0.29) is 0 Å². The first kappa shape index (κ1) is 12.6. The normalized spacial score (nSPS) is 10.4. The Morgan fingerprint density at radius 2 is 2.00 bits per heavy atom. The zero-order valence-electron chi connectivity index (χ0n) is 10.4. The molecule has 18 heavy (non-hydrogen) atoms. The lowest BCUT2D eigenvalue weighted by atomic mass is 10.1. The van der Waals surface area contributed by atoms with Crippen molar-refractivity contribution in [1.82, 2.24) is 9.78 Å². The van der Waals surface area contributed by atoms with Crippen molar-refractivity contribution >= 4 is 17.4 Å². The standard InChI is InChI=1S/C12H14ClN3O2/c1-16-12(14)7(6-15-16)10-9(17-2)5-4-8(13)11(10)18-3/h4-6H,14H2,1-3H3. The number of nitrogen functional groups attached to an aromatic ring is 1. The fourth-order valence-electron chi connectivity index (χ4n) is 1.80. The summed E-state index contributed by atoms with van der Waals surface area (Å²) in [4.78, 5) is 0. The number of anilines is 1. The summed E-state index contributed by atoms with van der Waals surface area (Å²) in [7, 11) is 4.90. The van der Waals surface area contributed by atoms with E-state index in [1.54, 1.807) is 44.3 Å². The van der Waals surface area contributed by atoms with Gasteiger partial charge in [-0.15, -0.1) is 0 Å². The number of nitrogens with zero attached hydrogens (tertiary/aromatic N) is 2. The van der Waals surface area contributed by atoms with Gasteiger partial charge in [-0.3, -0.25) is 4.68 Å². The highest BCUT2D eigenvalue weighted by Crippen LogP contribution is 2.44. The van der Waals surface area contributed by atoms with Crippen LogP contribution in [-0.4, -0.2) is 24.0 Å². The molecule has 0 aliphatic rings. The van der Waals surface area contributed by atoms with Gasteiger partial charge in [0.1, 0.15) is 17.3 Å². The monoisotopic (exact) mass is 267 g/mol. The van der Waals surface area contributed by atoms with Crippen molar-refractivity contribution in [2.24, 2.45) is 7.05 Å². The van der Waals surface area contributed by atoms with Gasteiger partial charge in [-0.05, 0) is 12.1 Å². The Kier molecular flexibility index (Phi) is 3.34. The second-order valence-corrected chi connectivity index (χ2v) is 4.13. The van der Waals surface area contributed by atoms with Crippen molar-refractivity contribution in [3.8, 4) is 22.6 Å². The van der Waals surface area contributed by atoms with Gasteiger partial charge in [-0.1, -0.05) is 11.6 Å². The van der Waals surface area contributed by atoms with Crippen molar-refractivity contribution < 1.29 is 9.47 Å². The average molecular weight is 268 g/mol. The zero-order valence-corrected chi connectivity index (χ0v) is 11.2. The summed E-state index contributed by atoms with van der Waals surface area (Å²) in [6.45, 7) is 0. The van der Waals surface area contributed by atoms with E-state index >= 15 is 0 Å². The minimum atomic E-state index is 0.497. The number of ether oxygens (including phenoxy) is 2. The number of hydrogen-bond acceptors (Lipinski definition) is 4. The quantitative estimate of drug-likeness (QED) is 0.927. The van der Waals surface area contributed by atoms with Crippen molar-refractivity contribution in [2.45, 2.75) is 0 Å². The maximum Gasteiger partial charge on any atom is 0.149 e. The van der Waals surface area contributed by atoms with Gasteiger partial charge in [0.2, 0.25) is 0 Å². The van der Waals surface area contributed by atoms with E-state index in [1.165, 1.54) is 0 Å². The van der Waals surface area contributed by atoms with E-state index in [0.717, 1.165) is 5.56 Å². The van der Waals surface area contributed by atoms with Crippen LogP contribution in [0.5, 0.6) is 11.5 Å². The van der Waals surface area contributed by atoms with Crippen LogP contribution in [0.3, 0.4) is 0 Å². The smallest absolute Gasteiger partial charge is 0.149 e. The molecule has 5 nitrogen and oxygen atoms in total. The molecule has 0 aliphatic carbocycles. The van der Waals surface area contributed by atoms with E-state index in [9.17, 15) is 0 Å². The fourth-order valence-corrected chi connectivity index (χ4v) is 2.04. The SMILES string of the molecule is COc1ccc(Cl)c(OC)c1-c1cnn(C)c1N. The predicted molar refractivity (Wildman–Crippen MR) is 71.2 cm³/mol. The third-order valence-electron chi connectivity index (χ3n) is 2.75. The summed E-state index contributed by atoms with van der Waals surface area (Å²) in [5.41, 5.74) is 7.41. The molecule has 2 aromatic rings. The molecule has 2 N–H and O–H groups in total. The molecule has 0 amide bonds. The molecule has 6 heteroatoms. The Morgan fingerprint density at radius 1 is 1.28 bits per heavy atom. The third kappa shape index (κ3) is 1.86. The minimum absolute atomic E-state index is 0.497. The van der Waals surface area contributed by atoms with Crippen molar-refractivity contribution in [3.05, 3.63) is 23.4 Å². The van der Waals surface area contributed by atoms with Gasteiger partial charge < -0.3 is 15.2 Å². The van der Waals surface area contributed by atoms with Gasteiger partial charge in [0.25, 0.3) is 0 Å². The lowest BCUT2D eigenvalue weighted by Gasteiger charge is -2.14. The molecular weight excluding hydrogens is 254 g/mol. The molecule has 0 radical (unpaired) electrons. The molecule has 0 saturated heterocycles. The first-order valence-electron chi connectivity index (χ1n) is 5.28. The van der Waals surface area contributed by atoms with Crippen molar-refractivity contribution in [1.29, 1.82) is 0 Å². The number of nitrogens with two attached hydrogens (primary N) is 1. The maximum atomic E-state index is 6.12. The van der Waals surface area contributed by atoms with Crippen LogP contribution >= 0.6 is 11.6 Å². The predicted octanol–water partition coefficient (Wildman–Crippen LogP) is 2.34. The van der Waals surface area contributed by atoms with E-state index in [0.29, 0.717) is 27.9 Å². The van der Waals surface area contributed by atoms with Gasteiger partial charge >= 0.3 is 0 Å². The molecule has 0 unspecified atom stereocenters. The Labute approximate surface area is 110 Å². The average Bonchev–Trinajstić information content (AvgIpc) is 2.69. The Balaban J connectivity index is 2.75. The second kappa shape index (κ2) is 4.78. The lowest BCUT2D eigenvalue weighted by Crippen LogP contribution is -2.00. The van der Waals surface area contributed by atoms with Crippen LogP contribution in [0.25, 0.3) is 11.1 Å². The first-order chi connectivity index (χ1) is 8.60. The first-order valence-corrected chi connectivity index (χ1v) is 5.66. The van der Waals surface area contributed by atoms with E-state index in [2.05, 4.69) is 5.10 Å². The summed E-state index contributed by atoms with van der Waals surface area (Å²) >= 11 is 6.12. The molecule has 1 aromatic heterocycles. The highest BCUT2D eigenvalue weighted by Gasteiger charge is 2.20. The van der Waals surface area contributed by atoms with E-state index in [1.807, 2.05) is 0 Å². The van der Waals surface area contributed by atoms with E-state index in [4.69, 9.17) is 26.8 Å². The molecule has 0 fully saturated rings. The second-order valence-electron chi connectivity index (χ2n) is 3.72. The highest BCUT2D eigenvalue weighted by molar-refractivity contribution is 6.32. The molecule has 0 saturated carbocycles. The van der Waals surface area contributed by atoms with Crippen molar-refractivity contribution in [3.63, 3.8) is 0 Å². The topological polar surface area (TPSA) is 62.3 Å². The van der Waals surface area contributed by atoms with Crippen LogP contribution in [0.1, 0.15) is 0 Å². The molecule has 0 aliphatic heterocycles. The third-order valence-corrected chi connectivity index (χ3v) is 3.05. The number of aromatic nitrogens is 2. The number of benzene rings is 1. The number of aryl methyl sites for hydroxylation is 1. The molecule has 0 spiro atoms. The molecule has 0 atom stereocenters. The number of hydrogen-bond donors (Lipinski definition) is 1. The van der Waals surface area contributed by atoms with Crippen LogP contribution in [-0.2, 0) is 7.05 Å². The van der Waals surface area contributed by atoms with Crippen LogP contribution in [0.2, 0.25) is 5.02 Å². The summed E-state index contributed by atoms with van der Waals surface area (Å²) in [6, 6.07) is 3.49. The molecule has 0 bridgehead atoms. The summed E-state index contributed by atoms with van der Waals surface area (Å²) in [6.07, 6.45) is 1.66. The van der Waals surface area contributed by atoms with Gasteiger partial charge in [-0.25, -0.2) is 0 Å². The van der Waals surface area contributed by atoms with Crippen molar-refractivity contribution in [2.75, 3.05) is 20.0 Å². The molecule has 2 rings (SSSR count). The van der Waals surface area contributed by atoms with Gasteiger partial charge in [0.15, 0.2) is 0 Å². The molecule has 96 valence electrons. The van der Waals surface area contributed by atoms with Gasteiger partial charge in [-0.2, -0.15) is 5.10 Å². The summed E-state index contributed by atoms with van der Waals surface area (Å²) in [5.74, 6) is 1.68. The largest absolute Gasteiger partial charge is 0.496 e. The lowest BCUT2D eigenvalue weighted by molar-refractivity contribution is 0.397. The summed E-state index contributed by atoms with van der Waals surface area (Å²) < 4.78 is 12.2. The van der Waals surface area contributed by atoms with Crippen LogP contribution in [0, 0.1) is 0 Å². The minimum Gasteiger partial charge on any atom is -0.496 e. The Hall–Kier alpha value is -1.88. The van der Waals surface area contributed by atoms with Gasteiger partial charge in [0, 0.05) is 7.05 Å². The number of halogens is 1. The fraction of sp³-hybridized carbons (Fsp3) is 0.250. The Bertz CT molecular complexity index is 581. The number of rotatable bonds is 3. The maximum absolute atomic E-state index is 6.12. The number of methoxy groups -OCH3 is 2. The Morgan fingerprint density at radius 3 is 2.50 bits per heavy atom.